The Balaban J connectivity index is 1.46. The van der Waals surface area contributed by atoms with Gasteiger partial charge in [0.1, 0.15) is 11.8 Å². The number of hydrogen-bond acceptors (Lipinski definition) is 5. The molecule has 2 fully saturated rings. The van der Waals surface area contributed by atoms with Crippen molar-refractivity contribution in [1.29, 1.82) is 5.26 Å². The number of nitriles is 1. The third kappa shape index (κ3) is 4.34. The highest BCUT2D eigenvalue weighted by atomic mass is 16.6. The number of carbonyl (C=O) groups is 2. The van der Waals surface area contributed by atoms with E-state index in [9.17, 15) is 9.59 Å². The third-order valence-corrected chi connectivity index (χ3v) is 5.27. The normalized spacial score (nSPS) is 22.0. The van der Waals surface area contributed by atoms with Crippen molar-refractivity contribution >= 4 is 11.9 Å². The number of rotatable bonds is 5. The van der Waals surface area contributed by atoms with E-state index in [0.29, 0.717) is 23.3 Å². The quantitative estimate of drug-likeness (QED) is 0.758. The summed E-state index contributed by atoms with van der Waals surface area (Å²) in [5.41, 5.74) is 0.355. The Labute approximate surface area is 153 Å². The first-order valence-corrected chi connectivity index (χ1v) is 9.26. The van der Waals surface area contributed by atoms with Crippen LogP contribution in [0.1, 0.15) is 44.1 Å². The van der Waals surface area contributed by atoms with Crippen molar-refractivity contribution < 1.29 is 19.1 Å². The zero-order chi connectivity index (χ0) is 18.4. The van der Waals surface area contributed by atoms with Gasteiger partial charge < -0.3 is 14.4 Å². The molecule has 6 nitrogen and oxygen atoms in total. The zero-order valence-electron chi connectivity index (χ0n) is 14.9. The first-order chi connectivity index (χ1) is 12.7. The molecular weight excluding hydrogens is 332 g/mol. The lowest BCUT2D eigenvalue weighted by Crippen LogP contribution is -2.51. The first kappa shape index (κ1) is 18.2. The Kier molecular flexibility index (Phi) is 6.11. The van der Waals surface area contributed by atoms with Gasteiger partial charge in [0.2, 0.25) is 0 Å². The average molecular weight is 356 g/mol. The predicted molar refractivity (Wildman–Crippen MR) is 94.3 cm³/mol. The van der Waals surface area contributed by atoms with E-state index < -0.39 is 5.97 Å². The van der Waals surface area contributed by atoms with Crippen LogP contribution in [0.2, 0.25) is 0 Å². The highest BCUT2D eigenvalue weighted by molar-refractivity contribution is 5.81. The number of hydrogen-bond donors (Lipinski definition) is 0. The molecule has 0 N–H and O–H groups in total. The van der Waals surface area contributed by atoms with Gasteiger partial charge in [-0.15, -0.1) is 0 Å². The molecule has 0 aromatic heterocycles. The Hall–Kier alpha value is -2.55. The number of ether oxygens (including phenoxy) is 2. The number of benzene rings is 1. The minimum atomic E-state index is -0.608. The van der Waals surface area contributed by atoms with E-state index in [2.05, 4.69) is 0 Å². The summed E-state index contributed by atoms with van der Waals surface area (Å²) in [5.74, 6) is 0.206. The summed E-state index contributed by atoms with van der Waals surface area (Å²) in [4.78, 5) is 26.3. The summed E-state index contributed by atoms with van der Waals surface area (Å²) < 4.78 is 10.4. The van der Waals surface area contributed by atoms with Crippen LogP contribution in [0.3, 0.4) is 0 Å². The van der Waals surface area contributed by atoms with Crippen molar-refractivity contribution in [2.75, 3.05) is 19.8 Å². The molecule has 138 valence electrons. The van der Waals surface area contributed by atoms with Crippen LogP contribution < -0.4 is 4.74 Å². The Morgan fingerprint density at radius 2 is 1.88 bits per heavy atom. The van der Waals surface area contributed by atoms with Gasteiger partial charge in [0.25, 0.3) is 5.91 Å². The third-order valence-electron chi connectivity index (χ3n) is 5.27. The lowest BCUT2D eigenvalue weighted by Gasteiger charge is -2.44. The molecule has 3 rings (SSSR count). The van der Waals surface area contributed by atoms with E-state index in [0.717, 1.165) is 25.8 Å². The van der Waals surface area contributed by atoms with Gasteiger partial charge in [-0.3, -0.25) is 4.79 Å². The van der Waals surface area contributed by atoms with E-state index in [1.54, 1.807) is 24.3 Å². The molecule has 1 amide bonds. The Morgan fingerprint density at radius 1 is 1.12 bits per heavy atom. The number of nitrogens with zero attached hydrogens (tertiary/aromatic N) is 2. The van der Waals surface area contributed by atoms with E-state index in [1.807, 2.05) is 11.0 Å². The summed E-state index contributed by atoms with van der Waals surface area (Å²) in [5, 5.41) is 9.00. The zero-order valence-corrected chi connectivity index (χ0v) is 14.9. The molecule has 1 aromatic carbocycles. The fraction of sp³-hybridized carbons (Fsp3) is 0.550. The molecule has 6 heteroatoms. The number of carbonyl (C=O) groups excluding carboxylic acids is 2. The van der Waals surface area contributed by atoms with Gasteiger partial charge in [-0.2, -0.15) is 5.26 Å². The van der Waals surface area contributed by atoms with Crippen molar-refractivity contribution in [3.63, 3.8) is 0 Å². The SMILES string of the molecule is N#Cc1ccccc1OCC(=O)OCC(=O)N1CCC[C@H]2CCCC[C@H]21. The molecule has 1 aromatic rings. The maximum absolute atomic E-state index is 12.5. The number of amides is 1. The number of piperidine rings is 1. The minimum absolute atomic E-state index is 0.118. The maximum atomic E-state index is 12.5. The largest absolute Gasteiger partial charge is 0.481 e. The van der Waals surface area contributed by atoms with Gasteiger partial charge in [0.05, 0.1) is 5.56 Å². The summed E-state index contributed by atoms with van der Waals surface area (Å²) in [6.07, 6.45) is 6.88. The Morgan fingerprint density at radius 3 is 2.73 bits per heavy atom. The standard InChI is InChI=1S/C20H24N2O4/c21-12-16-7-2-4-10-18(16)25-14-20(24)26-13-19(23)22-11-5-8-15-6-1-3-9-17(15)22/h2,4,7,10,15,17H,1,3,5-6,8-9,11,13-14H2/t15-,17-/m1/s1. The molecule has 1 saturated heterocycles. The van der Waals surface area contributed by atoms with E-state index in [-0.39, 0.29) is 19.1 Å². The summed E-state index contributed by atoms with van der Waals surface area (Å²) >= 11 is 0. The lowest BCUT2D eigenvalue weighted by molar-refractivity contribution is -0.156. The van der Waals surface area contributed by atoms with Gasteiger partial charge >= 0.3 is 5.97 Å². The fourth-order valence-electron chi connectivity index (χ4n) is 4.02. The highest BCUT2D eigenvalue weighted by Gasteiger charge is 2.35. The van der Waals surface area contributed by atoms with Crippen molar-refractivity contribution in [2.24, 2.45) is 5.92 Å². The monoisotopic (exact) mass is 356 g/mol. The second kappa shape index (κ2) is 8.70. The van der Waals surface area contributed by atoms with Gasteiger partial charge in [-0.1, -0.05) is 25.0 Å². The van der Waals surface area contributed by atoms with Crippen molar-refractivity contribution in [1.82, 2.24) is 4.90 Å². The van der Waals surface area contributed by atoms with Gasteiger partial charge in [0.15, 0.2) is 13.2 Å². The average Bonchev–Trinajstić information content (AvgIpc) is 2.70. The second-order valence-electron chi connectivity index (χ2n) is 6.90. The Bertz CT molecular complexity index is 695. The fourth-order valence-corrected chi connectivity index (χ4v) is 4.02. The molecular formula is C20H24N2O4. The molecule has 1 saturated carbocycles. The molecule has 2 atom stereocenters. The molecule has 1 heterocycles. The molecule has 0 bridgehead atoms. The predicted octanol–water partition coefficient (Wildman–Crippen LogP) is 2.66. The minimum Gasteiger partial charge on any atom is -0.481 e. The molecule has 0 unspecified atom stereocenters. The second-order valence-corrected chi connectivity index (χ2v) is 6.90. The first-order valence-electron chi connectivity index (χ1n) is 9.26. The lowest BCUT2D eigenvalue weighted by atomic mass is 9.78. The molecule has 26 heavy (non-hydrogen) atoms. The van der Waals surface area contributed by atoms with Gasteiger partial charge in [-0.25, -0.2) is 4.79 Å². The van der Waals surface area contributed by atoms with Crippen LogP contribution in [0, 0.1) is 17.2 Å². The van der Waals surface area contributed by atoms with Crippen LogP contribution in [0.25, 0.3) is 0 Å². The maximum Gasteiger partial charge on any atom is 0.344 e. The molecule has 0 spiro atoms. The van der Waals surface area contributed by atoms with Crippen LogP contribution in [-0.4, -0.2) is 42.6 Å². The van der Waals surface area contributed by atoms with E-state index in [4.69, 9.17) is 14.7 Å². The van der Waals surface area contributed by atoms with Crippen LogP contribution in [0.4, 0.5) is 0 Å². The highest BCUT2D eigenvalue weighted by Crippen LogP contribution is 2.35. The summed E-state index contributed by atoms with van der Waals surface area (Å²) in [6, 6.07) is 8.99. The van der Waals surface area contributed by atoms with E-state index >= 15 is 0 Å². The van der Waals surface area contributed by atoms with Gasteiger partial charge in [0, 0.05) is 12.6 Å². The summed E-state index contributed by atoms with van der Waals surface area (Å²) in [6.45, 7) is 0.187. The van der Waals surface area contributed by atoms with Crippen molar-refractivity contribution in [2.45, 2.75) is 44.6 Å². The topological polar surface area (TPSA) is 79.6 Å². The number of likely N-dealkylation sites (tertiary alicyclic amines) is 1. The smallest absolute Gasteiger partial charge is 0.344 e. The molecule has 2 aliphatic rings. The molecule has 1 aliphatic heterocycles. The summed E-state index contributed by atoms with van der Waals surface area (Å²) in [7, 11) is 0. The van der Waals surface area contributed by atoms with Crippen LogP contribution in [0.5, 0.6) is 5.75 Å². The van der Waals surface area contributed by atoms with Crippen LogP contribution in [-0.2, 0) is 14.3 Å². The molecule has 1 aliphatic carbocycles. The van der Waals surface area contributed by atoms with Crippen molar-refractivity contribution in [3.8, 4) is 11.8 Å². The number of fused-ring (bicyclic) bond motifs is 1. The number of para-hydroxylation sites is 1. The van der Waals surface area contributed by atoms with Gasteiger partial charge in [-0.05, 0) is 43.7 Å². The van der Waals surface area contributed by atoms with E-state index in [1.165, 1.54) is 19.3 Å². The van der Waals surface area contributed by atoms with Crippen LogP contribution >= 0.6 is 0 Å². The molecule has 0 radical (unpaired) electrons. The van der Waals surface area contributed by atoms with Crippen LogP contribution in [0.15, 0.2) is 24.3 Å². The van der Waals surface area contributed by atoms with Crippen molar-refractivity contribution in [3.05, 3.63) is 29.8 Å². The number of esters is 1.